The van der Waals surface area contributed by atoms with Gasteiger partial charge in [-0.15, -0.1) is 0 Å². The van der Waals surface area contributed by atoms with Crippen molar-refractivity contribution in [3.8, 4) is 0 Å². The zero-order chi connectivity index (χ0) is 24.0. The van der Waals surface area contributed by atoms with E-state index < -0.39 is 35.7 Å². The largest absolute Gasteiger partial charge is 0.467 e. The Balaban J connectivity index is 1.63. The summed E-state index contributed by atoms with van der Waals surface area (Å²) in [6, 6.07) is 7.47. The molecule has 1 saturated heterocycles. The molecule has 7 nitrogen and oxygen atoms in total. The molecular formula is C26H27FN2O5. The van der Waals surface area contributed by atoms with Gasteiger partial charge in [-0.25, -0.2) is 9.18 Å². The standard InChI is InChI=1S/C26H27FN2O5/c1-34-26(33)23-19(14-30)18-13-28-21(12-11-16(24(28)31)15-7-3-2-4-8-15)22(18)29(23)25(32)17-9-5-6-10-20(17)27/h5-7,9-12,18-19,22-23,30H,2-4,8,13-14H2,1H3/t18-,19-,22+,23-/m0/s1. The van der Waals surface area contributed by atoms with E-state index in [1.54, 1.807) is 16.7 Å². The zero-order valence-electron chi connectivity index (χ0n) is 18.9. The highest BCUT2D eigenvalue weighted by atomic mass is 19.1. The molecule has 0 radical (unpaired) electrons. The van der Waals surface area contributed by atoms with Crippen LogP contribution in [0.5, 0.6) is 0 Å². The molecule has 1 fully saturated rings. The van der Waals surface area contributed by atoms with Crippen molar-refractivity contribution in [2.45, 2.75) is 44.3 Å². The number of aliphatic hydroxyl groups is 1. The lowest BCUT2D eigenvalue weighted by Crippen LogP contribution is -2.46. The minimum absolute atomic E-state index is 0.135. The molecule has 4 atom stereocenters. The van der Waals surface area contributed by atoms with Crippen LogP contribution in [-0.2, 0) is 16.1 Å². The third-order valence-corrected chi connectivity index (χ3v) is 7.49. The average Bonchev–Trinajstić information content (AvgIpc) is 3.39. The predicted molar refractivity (Wildman–Crippen MR) is 122 cm³/mol. The van der Waals surface area contributed by atoms with Crippen molar-refractivity contribution in [2.75, 3.05) is 13.7 Å². The van der Waals surface area contributed by atoms with Crippen molar-refractivity contribution in [3.63, 3.8) is 0 Å². The number of pyridine rings is 1. The summed E-state index contributed by atoms with van der Waals surface area (Å²) in [5.41, 5.74) is 1.97. The van der Waals surface area contributed by atoms with Crippen molar-refractivity contribution in [1.29, 1.82) is 0 Å². The molecule has 1 aromatic carbocycles. The van der Waals surface area contributed by atoms with E-state index in [1.807, 2.05) is 6.07 Å². The third-order valence-electron chi connectivity index (χ3n) is 7.49. The number of aliphatic hydroxyl groups excluding tert-OH is 1. The maximum absolute atomic E-state index is 14.6. The number of carbonyl (C=O) groups is 2. The SMILES string of the molecule is COC(=O)[C@@H]1[C@@H](CO)[C@@H]2Cn3c(ccc(C4=CCCCC4)c3=O)[C@@H]2N1C(=O)c1ccccc1F. The summed E-state index contributed by atoms with van der Waals surface area (Å²) in [5, 5.41) is 10.2. The van der Waals surface area contributed by atoms with E-state index in [9.17, 15) is 23.9 Å². The molecule has 1 amide bonds. The van der Waals surface area contributed by atoms with Gasteiger partial charge in [0.05, 0.1) is 18.7 Å². The fraction of sp³-hybridized carbons (Fsp3) is 0.423. The molecule has 2 aromatic rings. The van der Waals surface area contributed by atoms with Gasteiger partial charge in [0, 0.05) is 36.2 Å². The Hall–Kier alpha value is -3.26. The highest BCUT2D eigenvalue weighted by Crippen LogP contribution is 2.50. The van der Waals surface area contributed by atoms with E-state index in [4.69, 9.17) is 4.74 Å². The van der Waals surface area contributed by atoms with Crippen LogP contribution < -0.4 is 5.56 Å². The first kappa shape index (κ1) is 22.5. The Morgan fingerprint density at radius 3 is 2.65 bits per heavy atom. The number of likely N-dealkylation sites (tertiary alicyclic amines) is 1. The molecule has 0 bridgehead atoms. The van der Waals surface area contributed by atoms with Crippen LogP contribution in [0.3, 0.4) is 0 Å². The molecular weight excluding hydrogens is 439 g/mol. The maximum Gasteiger partial charge on any atom is 0.329 e. The number of methoxy groups -OCH3 is 1. The second-order valence-electron chi connectivity index (χ2n) is 9.18. The fourth-order valence-corrected chi connectivity index (χ4v) is 5.90. The van der Waals surface area contributed by atoms with Crippen molar-refractivity contribution in [2.24, 2.45) is 11.8 Å². The first-order valence-corrected chi connectivity index (χ1v) is 11.7. The number of fused-ring (bicyclic) bond motifs is 3. The normalized spacial score (nSPS) is 25.5. The molecule has 2 aliphatic heterocycles. The number of benzene rings is 1. The van der Waals surface area contributed by atoms with E-state index in [-0.39, 0.29) is 30.2 Å². The molecule has 3 heterocycles. The molecule has 3 aliphatic rings. The number of rotatable bonds is 4. The Morgan fingerprint density at radius 1 is 1.18 bits per heavy atom. The van der Waals surface area contributed by atoms with Gasteiger partial charge in [-0.2, -0.15) is 0 Å². The molecule has 1 N–H and O–H groups in total. The minimum atomic E-state index is -1.08. The van der Waals surface area contributed by atoms with Gasteiger partial charge < -0.3 is 19.3 Å². The number of hydrogen-bond acceptors (Lipinski definition) is 5. The summed E-state index contributed by atoms with van der Waals surface area (Å²) in [5.74, 6) is -3.07. The van der Waals surface area contributed by atoms with Crippen molar-refractivity contribution in [3.05, 3.63) is 75.5 Å². The Kier molecular flexibility index (Phi) is 5.85. The smallest absolute Gasteiger partial charge is 0.329 e. The Morgan fingerprint density at radius 2 is 1.97 bits per heavy atom. The molecule has 1 aromatic heterocycles. The van der Waals surface area contributed by atoms with Crippen LogP contribution in [-0.4, -0.2) is 46.2 Å². The van der Waals surface area contributed by atoms with Gasteiger partial charge in [0.25, 0.3) is 11.5 Å². The summed E-state index contributed by atoms with van der Waals surface area (Å²) < 4.78 is 21.2. The number of amides is 1. The summed E-state index contributed by atoms with van der Waals surface area (Å²) in [4.78, 5) is 41.2. The molecule has 178 valence electrons. The zero-order valence-corrected chi connectivity index (χ0v) is 18.9. The quantitative estimate of drug-likeness (QED) is 0.700. The van der Waals surface area contributed by atoms with E-state index in [0.29, 0.717) is 11.3 Å². The number of allylic oxidation sites excluding steroid dienone is 2. The molecule has 1 aliphatic carbocycles. The number of halogens is 1. The monoisotopic (exact) mass is 466 g/mol. The number of aromatic nitrogens is 1. The Bertz CT molecular complexity index is 1240. The number of carbonyl (C=O) groups excluding carboxylic acids is 2. The van der Waals surface area contributed by atoms with Crippen molar-refractivity contribution < 1.29 is 23.8 Å². The average molecular weight is 467 g/mol. The van der Waals surface area contributed by atoms with Crippen molar-refractivity contribution in [1.82, 2.24) is 9.47 Å². The van der Waals surface area contributed by atoms with Gasteiger partial charge in [0.15, 0.2) is 0 Å². The molecule has 5 rings (SSSR count). The van der Waals surface area contributed by atoms with Gasteiger partial charge in [-0.3, -0.25) is 9.59 Å². The summed E-state index contributed by atoms with van der Waals surface area (Å²) in [6.45, 7) is -0.109. The molecule has 0 saturated carbocycles. The van der Waals surface area contributed by atoms with Crippen LogP contribution in [0.2, 0.25) is 0 Å². The number of esters is 1. The first-order valence-electron chi connectivity index (χ1n) is 11.7. The van der Waals surface area contributed by atoms with Gasteiger partial charge in [0.2, 0.25) is 0 Å². The maximum atomic E-state index is 14.6. The highest BCUT2D eigenvalue weighted by molar-refractivity contribution is 5.98. The lowest BCUT2D eigenvalue weighted by Gasteiger charge is -2.30. The topological polar surface area (TPSA) is 88.8 Å². The van der Waals surface area contributed by atoms with E-state index >= 15 is 0 Å². The van der Waals surface area contributed by atoms with E-state index in [2.05, 4.69) is 6.08 Å². The predicted octanol–water partition coefficient (Wildman–Crippen LogP) is 2.92. The van der Waals surface area contributed by atoms with Gasteiger partial charge >= 0.3 is 5.97 Å². The molecule has 8 heteroatoms. The lowest BCUT2D eigenvalue weighted by molar-refractivity contribution is -0.147. The van der Waals surface area contributed by atoms with E-state index in [1.165, 1.54) is 30.2 Å². The number of hydrogen-bond donors (Lipinski definition) is 1. The fourth-order valence-electron chi connectivity index (χ4n) is 5.90. The van der Waals surface area contributed by atoms with Crippen LogP contribution in [0.15, 0.2) is 47.3 Å². The Labute approximate surface area is 196 Å². The van der Waals surface area contributed by atoms with Crippen LogP contribution in [0.25, 0.3) is 5.57 Å². The lowest BCUT2D eigenvalue weighted by atomic mass is 9.88. The van der Waals surface area contributed by atoms with Crippen molar-refractivity contribution >= 4 is 17.4 Å². The van der Waals surface area contributed by atoms with Crippen LogP contribution in [0.1, 0.15) is 53.3 Å². The number of ether oxygens (including phenoxy) is 1. The van der Waals surface area contributed by atoms with E-state index in [0.717, 1.165) is 31.3 Å². The van der Waals surface area contributed by atoms with Gasteiger partial charge in [-0.05, 0) is 55.5 Å². The highest BCUT2D eigenvalue weighted by Gasteiger charge is 2.58. The summed E-state index contributed by atoms with van der Waals surface area (Å²) in [6.07, 6.45) is 6.06. The van der Waals surface area contributed by atoms with Gasteiger partial charge in [-0.1, -0.05) is 18.2 Å². The summed E-state index contributed by atoms with van der Waals surface area (Å²) in [7, 11) is 1.22. The molecule has 0 unspecified atom stereocenters. The molecule has 0 spiro atoms. The summed E-state index contributed by atoms with van der Waals surface area (Å²) >= 11 is 0. The molecule has 34 heavy (non-hydrogen) atoms. The van der Waals surface area contributed by atoms with Crippen LogP contribution >= 0.6 is 0 Å². The number of nitrogens with zero attached hydrogens (tertiary/aromatic N) is 2. The van der Waals surface area contributed by atoms with Gasteiger partial charge in [0.1, 0.15) is 11.9 Å². The van der Waals surface area contributed by atoms with Crippen LogP contribution in [0, 0.1) is 17.7 Å². The van der Waals surface area contributed by atoms with Crippen LogP contribution in [0.4, 0.5) is 4.39 Å². The minimum Gasteiger partial charge on any atom is -0.467 e. The second-order valence-corrected chi connectivity index (χ2v) is 9.18. The third kappa shape index (κ3) is 3.39. The first-order chi connectivity index (χ1) is 16.5. The second kappa shape index (κ2) is 8.83.